The summed E-state index contributed by atoms with van der Waals surface area (Å²) in [4.78, 5) is 38.9. The van der Waals surface area contributed by atoms with Crippen molar-refractivity contribution in [1.29, 1.82) is 0 Å². The van der Waals surface area contributed by atoms with Gasteiger partial charge in [-0.15, -0.1) is 0 Å². The molecule has 9 nitrogen and oxygen atoms in total. The minimum absolute atomic E-state index is 0.110. The van der Waals surface area contributed by atoms with Gasteiger partial charge in [-0.2, -0.15) is 0 Å². The fourth-order valence-electron chi connectivity index (χ4n) is 5.23. The molecular formula is C22H28F2N6O3. The summed E-state index contributed by atoms with van der Waals surface area (Å²) in [5.74, 6) is -3.05. The van der Waals surface area contributed by atoms with Gasteiger partial charge in [0.25, 0.3) is 5.91 Å². The molecular weight excluding hydrogens is 434 g/mol. The molecule has 0 bridgehead atoms. The number of hydrogen-bond acceptors (Lipinski definition) is 6. The van der Waals surface area contributed by atoms with E-state index in [9.17, 15) is 23.5 Å². The fraction of sp³-hybridized carbons (Fsp3) is 0.636. The highest BCUT2D eigenvalue weighted by Gasteiger charge is 2.55. The van der Waals surface area contributed by atoms with Crippen molar-refractivity contribution in [1.82, 2.24) is 25.6 Å². The lowest BCUT2D eigenvalue weighted by Crippen LogP contribution is -2.51. The van der Waals surface area contributed by atoms with Crippen LogP contribution in [0.5, 0.6) is 0 Å². The molecule has 0 unspecified atom stereocenters. The highest BCUT2D eigenvalue weighted by Crippen LogP contribution is 2.56. The number of amides is 2. The van der Waals surface area contributed by atoms with Crippen LogP contribution in [0, 0.1) is 17.3 Å². The molecule has 1 saturated heterocycles. The van der Waals surface area contributed by atoms with E-state index in [0.717, 1.165) is 36.2 Å². The molecule has 11 heteroatoms. The molecule has 3 heterocycles. The third-order valence-corrected chi connectivity index (χ3v) is 7.29. The van der Waals surface area contributed by atoms with Crippen LogP contribution >= 0.6 is 0 Å². The van der Waals surface area contributed by atoms with Crippen molar-refractivity contribution in [2.24, 2.45) is 17.3 Å². The standard InChI is InChI=1S/C22H28F2N6O3/c23-22(24)7-13(8-22)9-26-20(33)16(31)10-27-19(32)15-2-6-30(11-21(15)3-4-21)18-14-1-5-25-17(14)28-12-29-18/h1,5,12-13,15-16,31H,2-4,6-11H2,(H,26,33)(H,27,32)(H,25,28,29)/t15-,16-/m1/s1. The molecule has 33 heavy (non-hydrogen) atoms. The van der Waals surface area contributed by atoms with Gasteiger partial charge in [0.15, 0.2) is 0 Å². The van der Waals surface area contributed by atoms with Gasteiger partial charge in [-0.25, -0.2) is 18.7 Å². The number of halogens is 2. The molecule has 2 saturated carbocycles. The molecule has 2 aromatic rings. The summed E-state index contributed by atoms with van der Waals surface area (Å²) in [6, 6.07) is 1.95. The van der Waals surface area contributed by atoms with Crippen molar-refractivity contribution in [2.75, 3.05) is 31.1 Å². The lowest BCUT2D eigenvalue weighted by molar-refractivity contribution is -0.134. The van der Waals surface area contributed by atoms with Gasteiger partial charge < -0.3 is 25.6 Å². The van der Waals surface area contributed by atoms with E-state index < -0.39 is 17.9 Å². The van der Waals surface area contributed by atoms with Gasteiger partial charge in [0, 0.05) is 44.6 Å². The van der Waals surface area contributed by atoms with Crippen LogP contribution in [0.25, 0.3) is 11.0 Å². The van der Waals surface area contributed by atoms with Crippen LogP contribution in [-0.4, -0.2) is 70.1 Å². The molecule has 3 fully saturated rings. The Bertz CT molecular complexity index is 1050. The van der Waals surface area contributed by atoms with Crippen LogP contribution in [-0.2, 0) is 9.59 Å². The third kappa shape index (κ3) is 4.38. The Kier molecular flexibility index (Phi) is 5.46. The Morgan fingerprint density at radius 3 is 2.79 bits per heavy atom. The number of anilines is 1. The summed E-state index contributed by atoms with van der Waals surface area (Å²) in [5, 5.41) is 16.3. The molecule has 5 rings (SSSR count). The summed E-state index contributed by atoms with van der Waals surface area (Å²) < 4.78 is 25.8. The molecule has 1 spiro atoms. The van der Waals surface area contributed by atoms with Crippen LogP contribution in [0.1, 0.15) is 32.1 Å². The first-order valence-corrected chi connectivity index (χ1v) is 11.4. The predicted molar refractivity (Wildman–Crippen MR) is 116 cm³/mol. The quantitative estimate of drug-likeness (QED) is 0.491. The Morgan fingerprint density at radius 1 is 1.27 bits per heavy atom. The normalized spacial score (nSPS) is 24.3. The van der Waals surface area contributed by atoms with Crippen molar-refractivity contribution < 1.29 is 23.5 Å². The number of aromatic amines is 1. The lowest BCUT2D eigenvalue weighted by atomic mass is 9.81. The first-order chi connectivity index (χ1) is 15.8. The van der Waals surface area contributed by atoms with Gasteiger partial charge in [0.1, 0.15) is 23.9 Å². The Hall–Kier alpha value is -2.82. The highest BCUT2D eigenvalue weighted by atomic mass is 19.3. The van der Waals surface area contributed by atoms with E-state index in [1.165, 1.54) is 6.33 Å². The van der Waals surface area contributed by atoms with Crippen LogP contribution < -0.4 is 15.5 Å². The molecule has 4 N–H and O–H groups in total. The number of H-pyrrole nitrogens is 1. The zero-order chi connectivity index (χ0) is 23.2. The number of fused-ring (bicyclic) bond motifs is 1. The number of nitrogens with one attached hydrogen (secondary N) is 3. The fourth-order valence-corrected chi connectivity index (χ4v) is 5.23. The number of alkyl halides is 2. The molecule has 1 aliphatic heterocycles. The maximum atomic E-state index is 12.9. The second kappa shape index (κ2) is 8.19. The van der Waals surface area contributed by atoms with Crippen LogP contribution in [0.2, 0.25) is 0 Å². The largest absolute Gasteiger partial charge is 0.381 e. The molecule has 2 amide bonds. The SMILES string of the molecule is O=C(NCC1CC(F)(F)C1)[C@H](O)CNC(=O)[C@H]1CCN(c2ncnc3[nH]ccc23)CC12CC2. The van der Waals surface area contributed by atoms with Crippen LogP contribution in [0.3, 0.4) is 0 Å². The third-order valence-electron chi connectivity index (χ3n) is 7.29. The maximum absolute atomic E-state index is 12.9. The van der Waals surface area contributed by atoms with Gasteiger partial charge in [-0.1, -0.05) is 0 Å². The summed E-state index contributed by atoms with van der Waals surface area (Å²) in [5.41, 5.74) is 0.654. The van der Waals surface area contributed by atoms with Crippen LogP contribution in [0.15, 0.2) is 18.6 Å². The van der Waals surface area contributed by atoms with E-state index in [1.807, 2.05) is 12.3 Å². The van der Waals surface area contributed by atoms with Crippen LogP contribution in [0.4, 0.5) is 14.6 Å². The van der Waals surface area contributed by atoms with E-state index in [0.29, 0.717) is 13.0 Å². The predicted octanol–water partition coefficient (Wildman–Crippen LogP) is 1.20. The van der Waals surface area contributed by atoms with Gasteiger partial charge in [-0.05, 0) is 36.7 Å². The Balaban J connectivity index is 1.12. The van der Waals surface area contributed by atoms with E-state index in [4.69, 9.17) is 0 Å². The zero-order valence-electron chi connectivity index (χ0n) is 18.2. The smallest absolute Gasteiger partial charge is 0.250 e. The zero-order valence-corrected chi connectivity index (χ0v) is 18.2. The Labute approximate surface area is 189 Å². The number of aliphatic hydroxyl groups excluding tert-OH is 1. The number of aliphatic hydroxyl groups is 1. The van der Waals surface area contributed by atoms with Gasteiger partial charge in [-0.3, -0.25) is 9.59 Å². The first kappa shape index (κ1) is 22.0. The number of carbonyl (C=O) groups excluding carboxylic acids is 2. The highest BCUT2D eigenvalue weighted by molar-refractivity contribution is 5.88. The summed E-state index contributed by atoms with van der Waals surface area (Å²) in [7, 11) is 0. The number of aromatic nitrogens is 3. The number of carbonyl (C=O) groups is 2. The van der Waals surface area contributed by atoms with Gasteiger partial charge in [0.2, 0.25) is 11.8 Å². The van der Waals surface area contributed by atoms with E-state index >= 15 is 0 Å². The van der Waals surface area contributed by atoms with E-state index in [-0.39, 0.29) is 49.1 Å². The molecule has 0 radical (unpaired) electrons. The average molecular weight is 463 g/mol. The van der Waals surface area contributed by atoms with Crippen molar-refractivity contribution in [3.63, 3.8) is 0 Å². The van der Waals surface area contributed by atoms with Crippen molar-refractivity contribution in [2.45, 2.75) is 44.1 Å². The van der Waals surface area contributed by atoms with E-state index in [1.54, 1.807) is 0 Å². The minimum Gasteiger partial charge on any atom is -0.381 e. The monoisotopic (exact) mass is 462 g/mol. The van der Waals surface area contributed by atoms with Crippen molar-refractivity contribution >= 4 is 28.7 Å². The average Bonchev–Trinajstić information content (AvgIpc) is 3.35. The molecule has 2 aliphatic carbocycles. The Morgan fingerprint density at radius 2 is 2.06 bits per heavy atom. The number of nitrogens with zero attached hydrogens (tertiary/aromatic N) is 3. The molecule has 3 aliphatic rings. The number of hydrogen-bond donors (Lipinski definition) is 4. The molecule has 0 aromatic carbocycles. The number of rotatable bonds is 7. The summed E-state index contributed by atoms with van der Waals surface area (Å²) >= 11 is 0. The van der Waals surface area contributed by atoms with Crippen molar-refractivity contribution in [3.05, 3.63) is 18.6 Å². The number of piperidine rings is 1. The molecule has 178 valence electrons. The topological polar surface area (TPSA) is 123 Å². The summed E-state index contributed by atoms with van der Waals surface area (Å²) in [6.07, 6.45) is 4.01. The van der Waals surface area contributed by atoms with Gasteiger partial charge >= 0.3 is 0 Å². The van der Waals surface area contributed by atoms with Gasteiger partial charge in [0.05, 0.1) is 11.9 Å². The second-order valence-corrected chi connectivity index (χ2v) is 9.70. The molecule has 2 aromatic heterocycles. The summed E-state index contributed by atoms with van der Waals surface area (Å²) in [6.45, 7) is 1.31. The lowest BCUT2D eigenvalue weighted by Gasteiger charge is -2.39. The maximum Gasteiger partial charge on any atom is 0.250 e. The van der Waals surface area contributed by atoms with Crippen molar-refractivity contribution in [3.8, 4) is 0 Å². The minimum atomic E-state index is -2.64. The molecule has 2 atom stereocenters. The second-order valence-electron chi connectivity index (χ2n) is 9.70. The first-order valence-electron chi connectivity index (χ1n) is 11.4. The van der Waals surface area contributed by atoms with E-state index in [2.05, 4.69) is 30.5 Å².